The minimum Gasteiger partial charge on any atom is -0.497 e. The number of thioether (sulfide) groups is 1. The van der Waals surface area contributed by atoms with Gasteiger partial charge in [-0.15, -0.1) is 11.8 Å². The lowest BCUT2D eigenvalue weighted by Crippen LogP contribution is -2.54. The van der Waals surface area contributed by atoms with Crippen molar-refractivity contribution in [2.24, 2.45) is 5.92 Å². The molecule has 1 atom stereocenters. The minimum absolute atomic E-state index is 0.0723. The van der Waals surface area contributed by atoms with E-state index in [1.54, 1.807) is 7.11 Å². The Balaban J connectivity index is 1.67. The molecular weight excluding hydrogens is 384 g/mol. The van der Waals surface area contributed by atoms with E-state index in [2.05, 4.69) is 13.8 Å². The molecule has 0 N–H and O–H groups in total. The van der Waals surface area contributed by atoms with Crippen LogP contribution in [0.15, 0.2) is 24.3 Å². The number of nitrogens with zero attached hydrogens (tertiary/aromatic N) is 2. The van der Waals surface area contributed by atoms with E-state index in [4.69, 9.17) is 4.74 Å². The maximum Gasteiger partial charge on any atom is 0.255 e. The highest BCUT2D eigenvalue weighted by Gasteiger charge is 2.47. The van der Waals surface area contributed by atoms with Crippen molar-refractivity contribution in [2.75, 3.05) is 32.5 Å². The first-order valence-corrected chi connectivity index (χ1v) is 11.9. The number of hydrogen-bond donors (Lipinski definition) is 0. The van der Waals surface area contributed by atoms with Gasteiger partial charge in [0.2, 0.25) is 5.91 Å². The maximum absolute atomic E-state index is 13.3. The number of unbranched alkanes of at least 4 members (excludes halogenated alkanes) is 1. The lowest BCUT2D eigenvalue weighted by Gasteiger charge is -2.44. The molecule has 0 unspecified atom stereocenters. The molecule has 2 aliphatic rings. The van der Waals surface area contributed by atoms with Crippen molar-refractivity contribution >= 4 is 23.6 Å². The Morgan fingerprint density at radius 1 is 1.21 bits per heavy atom. The highest BCUT2D eigenvalue weighted by molar-refractivity contribution is 8.00. The summed E-state index contributed by atoms with van der Waals surface area (Å²) in [6, 6.07) is 7.40. The van der Waals surface area contributed by atoms with E-state index in [1.807, 2.05) is 45.8 Å². The molecule has 2 fully saturated rings. The molecule has 0 aromatic heterocycles. The molecule has 0 saturated carbocycles. The topological polar surface area (TPSA) is 49.9 Å². The molecule has 3 rings (SSSR count). The van der Waals surface area contributed by atoms with E-state index in [-0.39, 0.29) is 16.7 Å². The van der Waals surface area contributed by atoms with E-state index in [0.717, 1.165) is 63.9 Å². The fraction of sp³-hybridized carbons (Fsp3) is 0.652. The van der Waals surface area contributed by atoms with E-state index in [0.29, 0.717) is 17.2 Å². The molecule has 1 aromatic carbocycles. The average Bonchev–Trinajstić information content (AvgIpc) is 3.17. The van der Waals surface area contributed by atoms with Gasteiger partial charge in [-0.25, -0.2) is 0 Å². The van der Waals surface area contributed by atoms with Gasteiger partial charge in [0, 0.05) is 36.9 Å². The van der Waals surface area contributed by atoms with Crippen LogP contribution in [-0.4, -0.2) is 59.0 Å². The van der Waals surface area contributed by atoms with Crippen LogP contribution >= 0.6 is 11.8 Å². The molecule has 0 bridgehead atoms. The fourth-order valence-corrected chi connectivity index (χ4v) is 5.96. The van der Waals surface area contributed by atoms with Crippen LogP contribution in [0.25, 0.3) is 0 Å². The van der Waals surface area contributed by atoms with Gasteiger partial charge in [-0.2, -0.15) is 0 Å². The third-order valence-corrected chi connectivity index (χ3v) is 7.90. The third kappa shape index (κ3) is 4.73. The first kappa shape index (κ1) is 22.0. The molecule has 2 heterocycles. The van der Waals surface area contributed by atoms with Gasteiger partial charge < -0.3 is 14.5 Å². The van der Waals surface area contributed by atoms with Gasteiger partial charge in [-0.1, -0.05) is 32.8 Å². The van der Waals surface area contributed by atoms with Gasteiger partial charge in [0.05, 0.1) is 12.0 Å². The second-order valence-corrected chi connectivity index (χ2v) is 9.51. The Morgan fingerprint density at radius 2 is 1.97 bits per heavy atom. The number of hydrogen-bond acceptors (Lipinski definition) is 4. The van der Waals surface area contributed by atoms with Gasteiger partial charge in [0.15, 0.2) is 0 Å². The van der Waals surface area contributed by atoms with Crippen molar-refractivity contribution in [3.8, 4) is 5.75 Å². The van der Waals surface area contributed by atoms with Crippen LogP contribution in [0.2, 0.25) is 0 Å². The van der Waals surface area contributed by atoms with Crippen molar-refractivity contribution in [2.45, 2.75) is 57.2 Å². The van der Waals surface area contributed by atoms with Crippen LogP contribution in [0.4, 0.5) is 0 Å². The number of amides is 2. The first-order valence-electron chi connectivity index (χ1n) is 10.9. The summed E-state index contributed by atoms with van der Waals surface area (Å²) in [4.78, 5) is 30.1. The Hall–Kier alpha value is -1.69. The number of piperidine rings is 1. The number of methoxy groups -OCH3 is 1. The second kappa shape index (κ2) is 9.88. The number of carbonyl (C=O) groups excluding carboxylic acids is 2. The molecule has 2 amide bonds. The first-order chi connectivity index (χ1) is 14.0. The Kier molecular flexibility index (Phi) is 7.49. The Morgan fingerprint density at radius 3 is 2.62 bits per heavy atom. The van der Waals surface area contributed by atoms with Gasteiger partial charge in [-0.3, -0.25) is 9.59 Å². The monoisotopic (exact) mass is 418 g/mol. The summed E-state index contributed by atoms with van der Waals surface area (Å²) in [5.41, 5.74) is 0.676. The number of rotatable bonds is 7. The van der Waals surface area contributed by atoms with Crippen LogP contribution < -0.4 is 4.74 Å². The molecule has 0 aliphatic carbocycles. The van der Waals surface area contributed by atoms with E-state index >= 15 is 0 Å². The van der Waals surface area contributed by atoms with Crippen LogP contribution in [0, 0.1) is 5.92 Å². The summed E-state index contributed by atoms with van der Waals surface area (Å²) in [6.07, 6.45) is 5.84. The molecule has 2 saturated heterocycles. The number of likely N-dealkylation sites (tertiary alicyclic amines) is 1. The number of benzene rings is 1. The zero-order valence-corrected chi connectivity index (χ0v) is 18.8. The fourth-order valence-electron chi connectivity index (χ4n) is 4.51. The van der Waals surface area contributed by atoms with Crippen LogP contribution in [0.3, 0.4) is 0 Å². The van der Waals surface area contributed by atoms with E-state index in [1.165, 1.54) is 0 Å². The summed E-state index contributed by atoms with van der Waals surface area (Å²) in [5.74, 6) is 2.19. The summed E-state index contributed by atoms with van der Waals surface area (Å²) in [6.45, 7) is 6.55. The lowest BCUT2D eigenvalue weighted by molar-refractivity contribution is -0.137. The number of carbonyl (C=O) groups is 2. The highest BCUT2D eigenvalue weighted by Crippen LogP contribution is 2.45. The van der Waals surface area contributed by atoms with E-state index in [9.17, 15) is 9.59 Å². The van der Waals surface area contributed by atoms with Crippen molar-refractivity contribution in [1.82, 2.24) is 9.80 Å². The summed E-state index contributed by atoms with van der Waals surface area (Å²) in [5, 5.41) is 0. The van der Waals surface area contributed by atoms with Crippen LogP contribution in [0.1, 0.15) is 62.7 Å². The smallest absolute Gasteiger partial charge is 0.255 e. The summed E-state index contributed by atoms with van der Waals surface area (Å²) >= 11 is 1.88. The molecule has 1 spiro atoms. The Labute approximate surface area is 179 Å². The zero-order valence-electron chi connectivity index (χ0n) is 18.0. The predicted molar refractivity (Wildman–Crippen MR) is 118 cm³/mol. The van der Waals surface area contributed by atoms with Crippen molar-refractivity contribution in [3.63, 3.8) is 0 Å². The molecule has 160 valence electrons. The standard InChI is InChI=1S/C23H34N2O3S/c1-4-6-8-18(5-2)21(26)24-13-11-23(12-14-24)25(15-16-29-23)22(27)19-9-7-10-20(17-19)28-3/h7,9-10,17-18H,4-6,8,11-16H2,1-3H3/t18-/m0/s1. The second-order valence-electron chi connectivity index (χ2n) is 8.06. The van der Waals surface area contributed by atoms with Crippen molar-refractivity contribution in [1.29, 1.82) is 0 Å². The molecule has 0 radical (unpaired) electrons. The molecule has 29 heavy (non-hydrogen) atoms. The quantitative estimate of drug-likeness (QED) is 0.658. The van der Waals surface area contributed by atoms with E-state index < -0.39 is 0 Å². The molecular formula is C23H34N2O3S. The zero-order chi connectivity index (χ0) is 20.9. The number of ether oxygens (including phenoxy) is 1. The third-order valence-electron chi connectivity index (χ3n) is 6.34. The van der Waals surface area contributed by atoms with Crippen LogP contribution in [0.5, 0.6) is 5.75 Å². The van der Waals surface area contributed by atoms with Gasteiger partial charge in [-0.05, 0) is 43.9 Å². The molecule has 6 heteroatoms. The largest absolute Gasteiger partial charge is 0.497 e. The van der Waals surface area contributed by atoms with Gasteiger partial charge in [0.1, 0.15) is 5.75 Å². The molecule has 1 aromatic rings. The SMILES string of the molecule is CCCC[C@H](CC)C(=O)N1CCC2(CC1)SCCN2C(=O)c1cccc(OC)c1. The van der Waals surface area contributed by atoms with Gasteiger partial charge in [0.25, 0.3) is 5.91 Å². The molecule has 5 nitrogen and oxygen atoms in total. The Bertz CT molecular complexity index is 716. The maximum atomic E-state index is 13.3. The molecule has 2 aliphatic heterocycles. The summed E-state index contributed by atoms with van der Waals surface area (Å²) in [7, 11) is 1.62. The minimum atomic E-state index is -0.179. The average molecular weight is 419 g/mol. The highest BCUT2D eigenvalue weighted by atomic mass is 32.2. The van der Waals surface area contributed by atoms with Crippen molar-refractivity contribution < 1.29 is 14.3 Å². The predicted octanol–water partition coefficient (Wildman–Crippen LogP) is 4.42. The summed E-state index contributed by atoms with van der Waals surface area (Å²) < 4.78 is 5.29. The lowest BCUT2D eigenvalue weighted by atomic mass is 9.95. The van der Waals surface area contributed by atoms with Crippen LogP contribution in [-0.2, 0) is 4.79 Å². The van der Waals surface area contributed by atoms with Crippen molar-refractivity contribution in [3.05, 3.63) is 29.8 Å². The van der Waals surface area contributed by atoms with Gasteiger partial charge >= 0.3 is 0 Å². The normalized spacial score (nSPS) is 19.4.